The van der Waals surface area contributed by atoms with Gasteiger partial charge in [0.25, 0.3) is 0 Å². The van der Waals surface area contributed by atoms with Crippen LogP contribution >= 0.6 is 0 Å². The van der Waals surface area contributed by atoms with Gasteiger partial charge in [0.05, 0.1) is 0 Å². The van der Waals surface area contributed by atoms with Gasteiger partial charge < -0.3 is 10.2 Å². The molecule has 1 fully saturated rings. The van der Waals surface area contributed by atoms with Gasteiger partial charge in [-0.3, -0.25) is 0 Å². The summed E-state index contributed by atoms with van der Waals surface area (Å²) < 4.78 is 0. The van der Waals surface area contributed by atoms with E-state index in [0.29, 0.717) is 6.42 Å². The molecule has 1 saturated carbocycles. The standard InChI is InChI=1S/C28H34O3/c1-6-19(15-25(30)31)20-7-9-21(10-8-20)26(22-11-13-24(29)14-12-22)23-16-27(2,3)18-28(4,5)17-23/h7-15,29H,6,16-18H2,1-5H3,(H,30,31)/b19-15+. The number of carboxylic acid groups (broad SMARTS) is 1. The number of carboxylic acids is 1. The first-order valence-electron chi connectivity index (χ1n) is 11.1. The summed E-state index contributed by atoms with van der Waals surface area (Å²) in [5, 5.41) is 19.0. The van der Waals surface area contributed by atoms with Gasteiger partial charge in [0, 0.05) is 6.08 Å². The minimum Gasteiger partial charge on any atom is -0.508 e. The number of phenolic OH excluding ortho intramolecular Hbond substituents is 1. The maximum absolute atomic E-state index is 11.2. The minimum absolute atomic E-state index is 0.221. The highest BCUT2D eigenvalue weighted by molar-refractivity contribution is 5.90. The zero-order valence-corrected chi connectivity index (χ0v) is 19.3. The zero-order chi connectivity index (χ0) is 22.8. The van der Waals surface area contributed by atoms with E-state index in [9.17, 15) is 9.90 Å². The molecule has 3 heteroatoms. The van der Waals surface area contributed by atoms with Gasteiger partial charge in [-0.1, -0.05) is 76.6 Å². The molecule has 0 atom stereocenters. The average Bonchev–Trinajstić information content (AvgIpc) is 2.66. The zero-order valence-electron chi connectivity index (χ0n) is 19.3. The van der Waals surface area contributed by atoms with Gasteiger partial charge >= 0.3 is 5.97 Å². The molecule has 0 bridgehead atoms. The quantitative estimate of drug-likeness (QED) is 0.501. The summed E-state index contributed by atoms with van der Waals surface area (Å²) in [6.45, 7) is 11.3. The maximum Gasteiger partial charge on any atom is 0.328 e. The molecule has 0 spiro atoms. The number of rotatable bonds is 5. The molecule has 31 heavy (non-hydrogen) atoms. The van der Waals surface area contributed by atoms with Crippen molar-refractivity contribution >= 4 is 17.1 Å². The van der Waals surface area contributed by atoms with E-state index >= 15 is 0 Å². The second-order valence-electron chi connectivity index (χ2n) is 10.3. The molecule has 0 aromatic heterocycles. The molecule has 0 amide bonds. The molecule has 0 unspecified atom stereocenters. The van der Waals surface area contributed by atoms with E-state index in [4.69, 9.17) is 5.11 Å². The van der Waals surface area contributed by atoms with Crippen LogP contribution in [0, 0.1) is 10.8 Å². The Morgan fingerprint density at radius 1 is 0.871 bits per heavy atom. The topological polar surface area (TPSA) is 57.5 Å². The number of benzene rings is 2. The second-order valence-corrected chi connectivity index (χ2v) is 10.3. The van der Waals surface area contributed by atoms with Crippen molar-refractivity contribution in [3.8, 4) is 5.75 Å². The Labute approximate surface area is 186 Å². The Hall–Kier alpha value is -2.81. The van der Waals surface area contributed by atoms with Crippen LogP contribution in [0.1, 0.15) is 77.0 Å². The molecule has 0 heterocycles. The molecule has 0 radical (unpaired) electrons. The molecule has 2 aromatic rings. The molecule has 0 saturated heterocycles. The van der Waals surface area contributed by atoms with Crippen molar-refractivity contribution < 1.29 is 15.0 Å². The fraction of sp³-hybridized carbons (Fsp3) is 0.393. The van der Waals surface area contributed by atoms with Crippen LogP contribution in [-0.4, -0.2) is 16.2 Å². The molecule has 2 N–H and O–H groups in total. The Morgan fingerprint density at radius 2 is 1.32 bits per heavy atom. The molecule has 1 aliphatic carbocycles. The highest BCUT2D eigenvalue weighted by Crippen LogP contribution is 2.50. The Bertz CT molecular complexity index is 985. The van der Waals surface area contributed by atoms with Crippen molar-refractivity contribution in [1.82, 2.24) is 0 Å². The number of allylic oxidation sites excluding steroid dienone is 2. The number of hydrogen-bond acceptors (Lipinski definition) is 2. The third-order valence-corrected chi connectivity index (χ3v) is 6.07. The van der Waals surface area contributed by atoms with E-state index in [1.807, 2.05) is 31.2 Å². The van der Waals surface area contributed by atoms with Crippen LogP contribution in [0.15, 0.2) is 60.2 Å². The summed E-state index contributed by atoms with van der Waals surface area (Å²) in [5.74, 6) is -0.654. The van der Waals surface area contributed by atoms with E-state index in [1.165, 1.54) is 23.6 Å². The highest BCUT2D eigenvalue weighted by Gasteiger charge is 2.37. The number of aromatic hydroxyl groups is 1. The summed E-state index contributed by atoms with van der Waals surface area (Å²) in [7, 11) is 0. The van der Waals surface area contributed by atoms with E-state index in [1.54, 1.807) is 12.1 Å². The van der Waals surface area contributed by atoms with Gasteiger partial charge in [0.2, 0.25) is 0 Å². The van der Waals surface area contributed by atoms with Gasteiger partial charge in [-0.25, -0.2) is 4.79 Å². The summed E-state index contributed by atoms with van der Waals surface area (Å²) in [5.41, 5.74) is 7.10. The van der Waals surface area contributed by atoms with Crippen molar-refractivity contribution in [2.75, 3.05) is 0 Å². The van der Waals surface area contributed by atoms with Crippen molar-refractivity contribution in [2.45, 2.75) is 60.3 Å². The first-order chi connectivity index (χ1) is 14.5. The lowest BCUT2D eigenvalue weighted by molar-refractivity contribution is -0.131. The first kappa shape index (κ1) is 22.9. The predicted octanol–water partition coefficient (Wildman–Crippen LogP) is 7.31. The molecule has 1 aliphatic rings. The van der Waals surface area contributed by atoms with Gasteiger partial charge in [-0.15, -0.1) is 0 Å². The number of hydrogen-bond donors (Lipinski definition) is 2. The Morgan fingerprint density at radius 3 is 1.77 bits per heavy atom. The molecular formula is C28H34O3. The SMILES string of the molecule is CC/C(=C\C(=O)O)c1ccc(C(=C2CC(C)(C)CC(C)(C)C2)c2ccc(O)cc2)cc1. The van der Waals surface area contributed by atoms with Crippen LogP contribution in [0.2, 0.25) is 0 Å². The average molecular weight is 419 g/mol. The second kappa shape index (κ2) is 8.74. The molecule has 0 aliphatic heterocycles. The van der Waals surface area contributed by atoms with E-state index in [-0.39, 0.29) is 16.6 Å². The lowest BCUT2D eigenvalue weighted by atomic mass is 9.62. The molecular weight excluding hydrogens is 384 g/mol. The fourth-order valence-corrected chi connectivity index (χ4v) is 5.41. The first-order valence-corrected chi connectivity index (χ1v) is 11.1. The number of phenols is 1. The number of aliphatic carboxylic acids is 1. The van der Waals surface area contributed by atoms with Crippen LogP contribution in [0.25, 0.3) is 11.1 Å². The third-order valence-electron chi connectivity index (χ3n) is 6.07. The lowest BCUT2D eigenvalue weighted by Crippen LogP contribution is -2.30. The van der Waals surface area contributed by atoms with E-state index in [2.05, 4.69) is 39.8 Å². The Kier molecular flexibility index (Phi) is 6.45. The van der Waals surface area contributed by atoms with Gasteiger partial charge in [-0.05, 0) is 76.5 Å². The van der Waals surface area contributed by atoms with E-state index < -0.39 is 5.97 Å². The molecule has 164 valence electrons. The van der Waals surface area contributed by atoms with Gasteiger partial charge in [0.1, 0.15) is 5.75 Å². The molecule has 2 aromatic carbocycles. The lowest BCUT2D eigenvalue weighted by Gasteiger charge is -2.43. The van der Waals surface area contributed by atoms with Crippen molar-refractivity contribution in [3.63, 3.8) is 0 Å². The summed E-state index contributed by atoms with van der Waals surface area (Å²) in [4.78, 5) is 11.2. The predicted molar refractivity (Wildman–Crippen MR) is 128 cm³/mol. The van der Waals surface area contributed by atoms with Crippen molar-refractivity contribution in [3.05, 3.63) is 76.9 Å². The summed E-state index contributed by atoms with van der Waals surface area (Å²) in [6.07, 6.45) is 5.21. The van der Waals surface area contributed by atoms with Crippen LogP contribution in [0.4, 0.5) is 0 Å². The summed E-state index contributed by atoms with van der Waals surface area (Å²) >= 11 is 0. The van der Waals surface area contributed by atoms with Crippen LogP contribution in [0.3, 0.4) is 0 Å². The summed E-state index contributed by atoms with van der Waals surface area (Å²) in [6, 6.07) is 15.7. The van der Waals surface area contributed by atoms with Crippen molar-refractivity contribution in [1.29, 1.82) is 0 Å². The van der Waals surface area contributed by atoms with Gasteiger partial charge in [-0.2, -0.15) is 0 Å². The minimum atomic E-state index is -0.917. The largest absolute Gasteiger partial charge is 0.508 e. The molecule has 3 rings (SSSR count). The van der Waals surface area contributed by atoms with Gasteiger partial charge in [0.15, 0.2) is 0 Å². The third kappa shape index (κ3) is 5.66. The maximum atomic E-state index is 11.2. The monoisotopic (exact) mass is 418 g/mol. The van der Waals surface area contributed by atoms with Crippen LogP contribution in [0.5, 0.6) is 5.75 Å². The highest BCUT2D eigenvalue weighted by atomic mass is 16.4. The number of carbonyl (C=O) groups is 1. The Balaban J connectivity index is 2.14. The van der Waals surface area contributed by atoms with Crippen LogP contribution in [-0.2, 0) is 4.79 Å². The van der Waals surface area contributed by atoms with Crippen LogP contribution < -0.4 is 0 Å². The fourth-order valence-electron chi connectivity index (χ4n) is 5.41. The molecule has 3 nitrogen and oxygen atoms in total. The van der Waals surface area contributed by atoms with Crippen molar-refractivity contribution in [2.24, 2.45) is 10.8 Å². The van der Waals surface area contributed by atoms with E-state index in [0.717, 1.165) is 35.1 Å². The smallest absolute Gasteiger partial charge is 0.328 e. The normalized spacial score (nSPS) is 18.0.